The first-order valence-corrected chi connectivity index (χ1v) is 7.02. The van der Waals surface area contributed by atoms with E-state index >= 15 is 0 Å². The van der Waals surface area contributed by atoms with Crippen LogP contribution in [0.2, 0.25) is 0 Å². The van der Waals surface area contributed by atoms with Crippen LogP contribution in [0, 0.1) is 18.3 Å². The highest BCUT2D eigenvalue weighted by Gasteiger charge is 2.11. The number of benzene rings is 2. The van der Waals surface area contributed by atoms with Crippen LogP contribution in [-0.2, 0) is 0 Å². The molecule has 0 spiro atoms. The number of aryl methyl sites for hydroxylation is 1. The van der Waals surface area contributed by atoms with E-state index < -0.39 is 0 Å². The summed E-state index contributed by atoms with van der Waals surface area (Å²) in [5.74, 6) is 0.721. The first-order chi connectivity index (χ1) is 9.69. The number of halogens is 1. The van der Waals surface area contributed by atoms with Crippen LogP contribution in [0.15, 0.2) is 46.9 Å². The molecule has 0 aliphatic carbocycles. The third-order valence-electron chi connectivity index (χ3n) is 3.20. The SMILES string of the molecule is Cc1ccc(Nc2[nH]c3ccccc3c2C#N)c(Br)c1. The zero-order chi connectivity index (χ0) is 14.1. The van der Waals surface area contributed by atoms with E-state index in [2.05, 4.69) is 32.3 Å². The summed E-state index contributed by atoms with van der Waals surface area (Å²) < 4.78 is 0.972. The Labute approximate surface area is 125 Å². The molecule has 3 aromatic rings. The summed E-state index contributed by atoms with van der Waals surface area (Å²) in [4.78, 5) is 3.25. The maximum absolute atomic E-state index is 9.38. The quantitative estimate of drug-likeness (QED) is 0.707. The minimum absolute atomic E-state index is 0.632. The number of nitrogens with one attached hydrogen (secondary N) is 2. The summed E-state index contributed by atoms with van der Waals surface area (Å²) in [7, 11) is 0. The molecular formula is C16H12BrN3. The largest absolute Gasteiger partial charge is 0.340 e. The van der Waals surface area contributed by atoms with Crippen molar-refractivity contribution in [1.82, 2.24) is 4.98 Å². The lowest BCUT2D eigenvalue weighted by atomic mass is 10.2. The molecule has 1 aromatic heterocycles. The molecule has 0 aliphatic heterocycles. The lowest BCUT2D eigenvalue weighted by molar-refractivity contribution is 1.37. The molecule has 0 atom stereocenters. The van der Waals surface area contributed by atoms with Crippen LogP contribution in [0.3, 0.4) is 0 Å². The van der Waals surface area contributed by atoms with Gasteiger partial charge in [-0.3, -0.25) is 0 Å². The van der Waals surface area contributed by atoms with Gasteiger partial charge in [-0.25, -0.2) is 0 Å². The number of nitrogens with zero attached hydrogens (tertiary/aromatic N) is 1. The number of rotatable bonds is 2. The number of nitriles is 1. The monoisotopic (exact) mass is 325 g/mol. The molecule has 0 amide bonds. The fourth-order valence-electron chi connectivity index (χ4n) is 2.21. The number of para-hydroxylation sites is 1. The molecule has 0 unspecified atom stereocenters. The van der Waals surface area contributed by atoms with Gasteiger partial charge in [-0.15, -0.1) is 0 Å². The van der Waals surface area contributed by atoms with Crippen molar-refractivity contribution < 1.29 is 0 Å². The Kier molecular flexibility index (Phi) is 3.21. The van der Waals surface area contributed by atoms with E-state index in [1.54, 1.807) is 0 Å². The number of aromatic amines is 1. The molecule has 2 N–H and O–H groups in total. The number of aromatic nitrogens is 1. The van der Waals surface area contributed by atoms with Crippen LogP contribution < -0.4 is 5.32 Å². The number of hydrogen-bond donors (Lipinski definition) is 2. The van der Waals surface area contributed by atoms with Gasteiger partial charge < -0.3 is 10.3 Å². The summed E-state index contributed by atoms with van der Waals surface area (Å²) >= 11 is 3.54. The van der Waals surface area contributed by atoms with E-state index in [1.165, 1.54) is 5.56 Å². The number of hydrogen-bond acceptors (Lipinski definition) is 2. The topological polar surface area (TPSA) is 51.6 Å². The Balaban J connectivity index is 2.09. The second kappa shape index (κ2) is 5.03. The first-order valence-electron chi connectivity index (χ1n) is 6.23. The fraction of sp³-hybridized carbons (Fsp3) is 0.0625. The second-order valence-corrected chi connectivity index (χ2v) is 5.50. The average molecular weight is 326 g/mol. The predicted molar refractivity (Wildman–Crippen MR) is 85.2 cm³/mol. The van der Waals surface area contributed by atoms with Gasteiger partial charge in [-0.05, 0) is 46.6 Å². The third-order valence-corrected chi connectivity index (χ3v) is 3.86. The van der Waals surface area contributed by atoms with Crippen molar-refractivity contribution in [3.8, 4) is 6.07 Å². The fourth-order valence-corrected chi connectivity index (χ4v) is 2.80. The molecule has 0 saturated heterocycles. The second-order valence-electron chi connectivity index (χ2n) is 4.64. The van der Waals surface area contributed by atoms with E-state index in [1.807, 2.05) is 49.4 Å². The van der Waals surface area contributed by atoms with Gasteiger partial charge in [-0.1, -0.05) is 24.3 Å². The van der Waals surface area contributed by atoms with Crippen LogP contribution in [0.4, 0.5) is 11.5 Å². The van der Waals surface area contributed by atoms with E-state index in [4.69, 9.17) is 0 Å². The van der Waals surface area contributed by atoms with Crippen molar-refractivity contribution in [1.29, 1.82) is 5.26 Å². The predicted octanol–water partition coefficient (Wildman–Crippen LogP) is 4.85. The Morgan fingerprint density at radius 2 is 2.00 bits per heavy atom. The maximum Gasteiger partial charge on any atom is 0.127 e. The summed E-state index contributed by atoms with van der Waals surface area (Å²) in [5.41, 5.74) is 3.70. The van der Waals surface area contributed by atoms with Gasteiger partial charge >= 0.3 is 0 Å². The van der Waals surface area contributed by atoms with Crippen molar-refractivity contribution in [2.45, 2.75) is 6.92 Å². The lowest BCUT2D eigenvalue weighted by Crippen LogP contribution is -1.94. The number of anilines is 2. The summed E-state index contributed by atoms with van der Waals surface area (Å²) in [6, 6.07) is 16.1. The van der Waals surface area contributed by atoms with Crippen LogP contribution >= 0.6 is 15.9 Å². The van der Waals surface area contributed by atoms with Crippen molar-refractivity contribution in [3.05, 3.63) is 58.1 Å². The Hall–Kier alpha value is -2.25. The number of H-pyrrole nitrogens is 1. The molecule has 2 aromatic carbocycles. The van der Waals surface area contributed by atoms with Gasteiger partial charge in [0.15, 0.2) is 0 Å². The molecule has 0 saturated carbocycles. The highest BCUT2D eigenvalue weighted by molar-refractivity contribution is 9.10. The lowest BCUT2D eigenvalue weighted by Gasteiger charge is -2.08. The third kappa shape index (κ3) is 2.17. The van der Waals surface area contributed by atoms with E-state index in [0.29, 0.717) is 5.56 Å². The molecule has 0 aliphatic rings. The van der Waals surface area contributed by atoms with Gasteiger partial charge in [0.2, 0.25) is 0 Å². The van der Waals surface area contributed by atoms with Gasteiger partial charge in [0.1, 0.15) is 17.5 Å². The maximum atomic E-state index is 9.38. The Morgan fingerprint density at radius 1 is 1.20 bits per heavy atom. The van der Waals surface area contributed by atoms with E-state index in [0.717, 1.165) is 26.9 Å². The molecule has 0 bridgehead atoms. The van der Waals surface area contributed by atoms with Crippen molar-refractivity contribution in [3.63, 3.8) is 0 Å². The molecule has 4 heteroatoms. The zero-order valence-electron chi connectivity index (χ0n) is 10.9. The van der Waals surface area contributed by atoms with Crippen LogP contribution in [0.25, 0.3) is 10.9 Å². The normalized spacial score (nSPS) is 10.4. The minimum atomic E-state index is 0.632. The van der Waals surface area contributed by atoms with E-state index in [-0.39, 0.29) is 0 Å². The Bertz CT molecular complexity index is 827. The summed E-state index contributed by atoms with van der Waals surface area (Å²) in [6.07, 6.45) is 0. The van der Waals surface area contributed by atoms with Gasteiger partial charge in [0.05, 0.1) is 5.69 Å². The molecule has 3 nitrogen and oxygen atoms in total. The van der Waals surface area contributed by atoms with Crippen LogP contribution in [0.1, 0.15) is 11.1 Å². The number of fused-ring (bicyclic) bond motifs is 1. The van der Waals surface area contributed by atoms with Gasteiger partial charge in [0.25, 0.3) is 0 Å². The zero-order valence-corrected chi connectivity index (χ0v) is 12.5. The molecule has 0 fully saturated rings. The summed E-state index contributed by atoms with van der Waals surface area (Å²) in [5, 5.41) is 13.6. The Morgan fingerprint density at radius 3 is 2.75 bits per heavy atom. The highest BCUT2D eigenvalue weighted by atomic mass is 79.9. The highest BCUT2D eigenvalue weighted by Crippen LogP contribution is 2.31. The molecule has 98 valence electrons. The molecule has 20 heavy (non-hydrogen) atoms. The smallest absolute Gasteiger partial charge is 0.127 e. The van der Waals surface area contributed by atoms with E-state index in [9.17, 15) is 5.26 Å². The van der Waals surface area contributed by atoms with Gasteiger partial charge in [0, 0.05) is 15.4 Å². The van der Waals surface area contributed by atoms with Gasteiger partial charge in [-0.2, -0.15) is 5.26 Å². The summed E-state index contributed by atoms with van der Waals surface area (Å²) in [6.45, 7) is 2.04. The van der Waals surface area contributed by atoms with Crippen LogP contribution in [0.5, 0.6) is 0 Å². The molecule has 3 rings (SSSR count). The molecule has 1 heterocycles. The first kappa shape index (κ1) is 12.8. The van der Waals surface area contributed by atoms with Crippen molar-refractivity contribution >= 4 is 38.3 Å². The van der Waals surface area contributed by atoms with Crippen molar-refractivity contribution in [2.75, 3.05) is 5.32 Å². The minimum Gasteiger partial charge on any atom is -0.340 e. The van der Waals surface area contributed by atoms with Crippen LogP contribution in [-0.4, -0.2) is 4.98 Å². The molecule has 0 radical (unpaired) electrons. The standard InChI is InChI=1S/C16H12BrN3/c1-10-6-7-15(13(17)8-10)20-16-12(9-18)11-4-2-3-5-14(11)19-16/h2-8,19-20H,1H3. The average Bonchev–Trinajstić information content (AvgIpc) is 2.79. The van der Waals surface area contributed by atoms with Crippen molar-refractivity contribution in [2.24, 2.45) is 0 Å². The molecular weight excluding hydrogens is 314 g/mol.